The summed E-state index contributed by atoms with van der Waals surface area (Å²) in [6.07, 6.45) is 13.3. The van der Waals surface area contributed by atoms with E-state index in [9.17, 15) is 14.3 Å². The van der Waals surface area contributed by atoms with E-state index in [2.05, 4.69) is 6.08 Å². The number of rotatable bonds is 12. The number of carboxylic acids is 1. The average Bonchev–Trinajstić information content (AvgIpc) is 3.31. The van der Waals surface area contributed by atoms with Crippen LogP contribution in [0.3, 0.4) is 0 Å². The van der Waals surface area contributed by atoms with E-state index >= 15 is 0 Å². The number of hydrogen-bond acceptors (Lipinski definition) is 4. The molecule has 2 N–H and O–H groups in total. The van der Waals surface area contributed by atoms with Gasteiger partial charge in [0, 0.05) is 18.9 Å². The van der Waals surface area contributed by atoms with Gasteiger partial charge in [0.2, 0.25) is 0 Å². The number of unbranched alkanes of at least 4 members (excludes halogenated alkanes) is 2. The van der Waals surface area contributed by atoms with E-state index in [1.807, 2.05) is 13.0 Å². The van der Waals surface area contributed by atoms with Gasteiger partial charge in [-0.15, -0.1) is 0 Å². The summed E-state index contributed by atoms with van der Waals surface area (Å²) in [5.41, 5.74) is 1.41. The lowest BCUT2D eigenvalue weighted by Crippen LogP contribution is -2.31. The highest BCUT2D eigenvalue weighted by Gasteiger charge is 2.47. The zero-order valence-electron chi connectivity index (χ0n) is 19.5. The van der Waals surface area contributed by atoms with Gasteiger partial charge in [-0.2, -0.15) is 0 Å². The van der Waals surface area contributed by atoms with Crippen LogP contribution >= 0.6 is 0 Å². The molecule has 0 spiro atoms. The standard InChI is InChI=1S/C26H41FO5/c1-2-3-9-22(27)23(28)13-12-20-21-16-18(8-4-5-10-25(29)30)15-19(21)17-24(20)32-26-11-6-7-14-31-26/h8,12-13,19-24,26,28H,2-7,9-11,14-17H2,1H3,(H,29,30)/t19-,20-,21-,22?,23?,24+,26?/m0/s1. The van der Waals surface area contributed by atoms with Crippen LogP contribution in [-0.4, -0.2) is 47.5 Å². The van der Waals surface area contributed by atoms with Gasteiger partial charge >= 0.3 is 5.97 Å². The minimum absolute atomic E-state index is 0.0406. The summed E-state index contributed by atoms with van der Waals surface area (Å²) < 4.78 is 26.5. The van der Waals surface area contributed by atoms with Gasteiger partial charge in [-0.1, -0.05) is 43.6 Å². The van der Waals surface area contributed by atoms with Crippen molar-refractivity contribution in [2.24, 2.45) is 17.8 Å². The number of ether oxygens (including phenoxy) is 2. The second-order valence-corrected chi connectivity index (χ2v) is 9.80. The molecular formula is C26H41FO5. The summed E-state index contributed by atoms with van der Waals surface area (Å²) in [5.74, 6) is 0.336. The number of carboxylic acid groups (broad SMARTS) is 1. The van der Waals surface area contributed by atoms with Gasteiger partial charge in [-0.05, 0) is 69.6 Å². The van der Waals surface area contributed by atoms with E-state index in [0.717, 1.165) is 64.4 Å². The van der Waals surface area contributed by atoms with Crippen molar-refractivity contribution in [3.63, 3.8) is 0 Å². The second-order valence-electron chi connectivity index (χ2n) is 9.80. The predicted octanol–water partition coefficient (Wildman–Crippen LogP) is 5.57. The maximum Gasteiger partial charge on any atom is 0.303 e. The third kappa shape index (κ3) is 7.39. The quantitative estimate of drug-likeness (QED) is 0.299. The van der Waals surface area contributed by atoms with Gasteiger partial charge < -0.3 is 19.7 Å². The van der Waals surface area contributed by atoms with E-state index in [-0.39, 0.29) is 24.7 Å². The second kappa shape index (κ2) is 12.9. The Bertz CT molecular complexity index is 642. The number of halogens is 1. The van der Waals surface area contributed by atoms with E-state index in [1.165, 1.54) is 5.57 Å². The first kappa shape index (κ1) is 25.4. The molecule has 0 bridgehead atoms. The third-order valence-electron chi connectivity index (χ3n) is 7.31. The Labute approximate surface area is 192 Å². The Kier molecular flexibility index (Phi) is 10.2. The van der Waals surface area contributed by atoms with Gasteiger partial charge in [0.05, 0.1) is 6.10 Å². The Balaban J connectivity index is 1.62. The zero-order chi connectivity index (χ0) is 22.9. The molecular weight excluding hydrogens is 411 g/mol. The van der Waals surface area contributed by atoms with Crippen LogP contribution in [0.1, 0.15) is 84.0 Å². The number of allylic oxidation sites excluding steroid dienone is 2. The first-order valence-corrected chi connectivity index (χ1v) is 12.6. The molecule has 2 saturated carbocycles. The molecule has 0 aromatic rings. The van der Waals surface area contributed by atoms with Crippen LogP contribution in [0, 0.1) is 17.8 Å². The maximum absolute atomic E-state index is 14.3. The molecule has 6 heteroatoms. The Morgan fingerprint density at radius 1 is 1.31 bits per heavy atom. The fraction of sp³-hybridized carbons (Fsp3) is 0.808. The number of carbonyl (C=O) groups is 1. The molecule has 3 unspecified atom stereocenters. The predicted molar refractivity (Wildman–Crippen MR) is 122 cm³/mol. The fourth-order valence-electron chi connectivity index (χ4n) is 5.57. The molecule has 1 aliphatic heterocycles. The highest BCUT2D eigenvalue weighted by atomic mass is 19.1. The monoisotopic (exact) mass is 452 g/mol. The highest BCUT2D eigenvalue weighted by Crippen LogP contribution is 2.52. The Morgan fingerprint density at radius 2 is 2.16 bits per heavy atom. The van der Waals surface area contributed by atoms with Crippen LogP contribution in [0.25, 0.3) is 0 Å². The van der Waals surface area contributed by atoms with E-state index in [0.29, 0.717) is 24.7 Å². The smallest absolute Gasteiger partial charge is 0.303 e. The van der Waals surface area contributed by atoms with E-state index in [4.69, 9.17) is 14.6 Å². The van der Waals surface area contributed by atoms with Crippen molar-refractivity contribution in [3.8, 4) is 0 Å². The number of aliphatic hydroxyl groups excluding tert-OH is 1. The topological polar surface area (TPSA) is 76.0 Å². The Hall–Kier alpha value is -1.24. The molecule has 3 fully saturated rings. The number of aliphatic hydroxyl groups is 1. The Morgan fingerprint density at radius 3 is 2.88 bits per heavy atom. The van der Waals surface area contributed by atoms with Crippen LogP contribution in [0.5, 0.6) is 0 Å². The van der Waals surface area contributed by atoms with Crippen molar-refractivity contribution < 1.29 is 28.9 Å². The molecule has 1 heterocycles. The third-order valence-corrected chi connectivity index (χ3v) is 7.31. The number of aliphatic carboxylic acids is 1. The van der Waals surface area contributed by atoms with Gasteiger partial charge in [-0.25, -0.2) is 4.39 Å². The fourth-order valence-corrected chi connectivity index (χ4v) is 5.57. The summed E-state index contributed by atoms with van der Waals surface area (Å²) >= 11 is 0. The minimum Gasteiger partial charge on any atom is -0.481 e. The van der Waals surface area contributed by atoms with Crippen LogP contribution in [0.4, 0.5) is 4.39 Å². The summed E-state index contributed by atoms with van der Waals surface area (Å²) in [6.45, 7) is 2.77. The lowest BCUT2D eigenvalue weighted by molar-refractivity contribution is -0.193. The van der Waals surface area contributed by atoms with Crippen molar-refractivity contribution in [1.29, 1.82) is 0 Å². The van der Waals surface area contributed by atoms with Crippen LogP contribution in [-0.2, 0) is 14.3 Å². The van der Waals surface area contributed by atoms with Gasteiger partial charge in [0.1, 0.15) is 12.3 Å². The molecule has 3 rings (SSSR count). The van der Waals surface area contributed by atoms with Gasteiger partial charge in [0.25, 0.3) is 0 Å². The van der Waals surface area contributed by atoms with Crippen molar-refractivity contribution in [3.05, 3.63) is 23.8 Å². The SMILES string of the molecule is CCCCC(F)C(O)C=C[C@H]1[C@H]2CC(=CCCCC(=O)O)C[C@H]2C[C@H]1OC1CCCCO1. The molecule has 1 saturated heterocycles. The summed E-state index contributed by atoms with van der Waals surface area (Å²) in [7, 11) is 0. The first-order chi connectivity index (χ1) is 15.5. The lowest BCUT2D eigenvalue weighted by atomic mass is 9.90. The first-order valence-electron chi connectivity index (χ1n) is 12.6. The van der Waals surface area contributed by atoms with Gasteiger partial charge in [-0.3, -0.25) is 4.79 Å². The van der Waals surface area contributed by atoms with Crippen molar-refractivity contribution in [2.45, 2.75) is 109 Å². The number of fused-ring (bicyclic) bond motifs is 1. The van der Waals surface area contributed by atoms with Crippen LogP contribution in [0.2, 0.25) is 0 Å². The number of alkyl halides is 1. The maximum atomic E-state index is 14.3. The van der Waals surface area contributed by atoms with E-state index in [1.54, 1.807) is 6.08 Å². The molecule has 32 heavy (non-hydrogen) atoms. The summed E-state index contributed by atoms with van der Waals surface area (Å²) in [4.78, 5) is 10.7. The van der Waals surface area contributed by atoms with Crippen LogP contribution < -0.4 is 0 Å². The molecule has 2 aliphatic carbocycles. The minimum atomic E-state index is -1.22. The lowest BCUT2D eigenvalue weighted by Gasteiger charge is -2.29. The number of hydrogen-bond donors (Lipinski definition) is 2. The zero-order valence-corrected chi connectivity index (χ0v) is 19.5. The molecule has 7 atom stereocenters. The largest absolute Gasteiger partial charge is 0.481 e. The molecule has 0 aromatic heterocycles. The summed E-state index contributed by atoms with van der Waals surface area (Å²) in [5, 5.41) is 19.1. The highest BCUT2D eigenvalue weighted by molar-refractivity contribution is 5.66. The van der Waals surface area contributed by atoms with Gasteiger partial charge in [0.15, 0.2) is 6.29 Å². The van der Waals surface area contributed by atoms with Crippen molar-refractivity contribution in [1.82, 2.24) is 0 Å². The van der Waals surface area contributed by atoms with Crippen LogP contribution in [0.15, 0.2) is 23.8 Å². The summed E-state index contributed by atoms with van der Waals surface area (Å²) in [6, 6.07) is 0. The molecule has 3 aliphatic rings. The average molecular weight is 453 g/mol. The van der Waals surface area contributed by atoms with Crippen molar-refractivity contribution >= 4 is 5.97 Å². The molecule has 0 amide bonds. The molecule has 0 radical (unpaired) electrons. The molecule has 5 nitrogen and oxygen atoms in total. The van der Waals surface area contributed by atoms with Crippen molar-refractivity contribution in [2.75, 3.05) is 6.61 Å². The molecule has 182 valence electrons. The normalized spacial score (nSPS) is 33.6. The molecule has 0 aromatic carbocycles. The van der Waals surface area contributed by atoms with E-state index < -0.39 is 18.2 Å².